The van der Waals surface area contributed by atoms with E-state index in [0.717, 1.165) is 40.1 Å². The third kappa shape index (κ3) is 3.96. The quantitative estimate of drug-likeness (QED) is 0.578. The molecule has 4 rings (SSSR count). The maximum absolute atomic E-state index is 12.0. The summed E-state index contributed by atoms with van der Waals surface area (Å²) in [4.78, 5) is 21.1. The third-order valence-electron chi connectivity index (χ3n) is 5.31. The van der Waals surface area contributed by atoms with E-state index >= 15 is 0 Å². The number of benzene rings is 1. The first kappa shape index (κ1) is 20.2. The molecule has 156 valence electrons. The van der Waals surface area contributed by atoms with Crippen molar-refractivity contribution < 1.29 is 9.90 Å². The predicted octanol–water partition coefficient (Wildman–Crippen LogP) is 2.72. The maximum Gasteiger partial charge on any atom is 0.227 e. The van der Waals surface area contributed by atoms with Crippen molar-refractivity contribution >= 4 is 17.4 Å². The van der Waals surface area contributed by atoms with Crippen LogP contribution in [0, 0.1) is 6.92 Å². The Bertz CT molecular complexity index is 1080. The predicted molar refractivity (Wildman–Crippen MR) is 115 cm³/mol. The first-order chi connectivity index (χ1) is 14.5. The molecule has 1 aliphatic heterocycles. The van der Waals surface area contributed by atoms with Crippen LogP contribution in [0.25, 0.3) is 11.3 Å². The number of hydrogen-bond acceptors (Lipinski definition) is 7. The number of aliphatic hydroxyl groups excluding tert-OH is 1. The summed E-state index contributed by atoms with van der Waals surface area (Å²) in [5.74, 6) is 0.287. The number of Topliss-reactive ketones (excluding diaryl/α,β-unsaturated/α-hetero) is 1. The molecule has 3 N–H and O–H groups in total. The standard InChI is InChI=1S/C22H26N6O2/c1-13(2)28-11-16(10-25-28)20-14(3)9-24-22(27-20)26-17-4-5-18-15(8-17)6-7-23-21(18)19(30)12-29/h4-5,8-11,13,21,23,29H,6-7,12H2,1-3H3,(H,24,26,27). The number of aromatic nitrogens is 4. The first-order valence-electron chi connectivity index (χ1n) is 10.1. The normalized spacial score (nSPS) is 15.8. The van der Waals surface area contributed by atoms with E-state index in [1.54, 1.807) is 6.20 Å². The van der Waals surface area contributed by atoms with Gasteiger partial charge in [0.25, 0.3) is 0 Å². The van der Waals surface area contributed by atoms with Crippen LogP contribution in [0.3, 0.4) is 0 Å². The smallest absolute Gasteiger partial charge is 0.227 e. The van der Waals surface area contributed by atoms with Crippen LogP contribution in [0.4, 0.5) is 11.6 Å². The lowest BCUT2D eigenvalue weighted by Crippen LogP contribution is -2.36. The molecule has 0 saturated carbocycles. The number of fused-ring (bicyclic) bond motifs is 1. The van der Waals surface area contributed by atoms with E-state index in [9.17, 15) is 9.90 Å². The Morgan fingerprint density at radius 1 is 1.37 bits per heavy atom. The van der Waals surface area contributed by atoms with E-state index in [1.807, 2.05) is 42.2 Å². The molecule has 3 heterocycles. The summed E-state index contributed by atoms with van der Waals surface area (Å²) in [5.41, 5.74) is 5.63. The van der Waals surface area contributed by atoms with Gasteiger partial charge in [0.2, 0.25) is 5.95 Å². The first-order valence-corrected chi connectivity index (χ1v) is 10.1. The van der Waals surface area contributed by atoms with Gasteiger partial charge in [-0.3, -0.25) is 9.48 Å². The Kier molecular flexibility index (Phi) is 5.61. The minimum atomic E-state index is -0.468. The highest BCUT2D eigenvalue weighted by molar-refractivity contribution is 5.87. The van der Waals surface area contributed by atoms with E-state index in [4.69, 9.17) is 4.98 Å². The lowest BCUT2D eigenvalue weighted by Gasteiger charge is -2.26. The summed E-state index contributed by atoms with van der Waals surface area (Å²) in [6.07, 6.45) is 6.43. The van der Waals surface area contributed by atoms with Crippen molar-refractivity contribution in [3.8, 4) is 11.3 Å². The number of nitrogens with zero attached hydrogens (tertiary/aromatic N) is 4. The molecule has 1 unspecified atom stereocenters. The zero-order valence-electron chi connectivity index (χ0n) is 17.4. The Balaban J connectivity index is 1.60. The number of anilines is 2. The number of nitrogens with one attached hydrogen (secondary N) is 2. The molecule has 0 bridgehead atoms. The summed E-state index contributed by atoms with van der Waals surface area (Å²) >= 11 is 0. The fourth-order valence-corrected chi connectivity index (χ4v) is 3.69. The summed E-state index contributed by atoms with van der Waals surface area (Å²) in [7, 11) is 0. The van der Waals surface area contributed by atoms with Crippen LogP contribution in [-0.4, -0.2) is 43.8 Å². The fourth-order valence-electron chi connectivity index (χ4n) is 3.69. The van der Waals surface area contributed by atoms with Crippen molar-refractivity contribution in [2.45, 2.75) is 39.3 Å². The van der Waals surface area contributed by atoms with E-state index < -0.39 is 12.6 Å². The number of ketones is 1. The van der Waals surface area contributed by atoms with E-state index in [1.165, 1.54) is 0 Å². The van der Waals surface area contributed by atoms with Gasteiger partial charge in [-0.15, -0.1) is 0 Å². The molecule has 1 atom stereocenters. The topological polar surface area (TPSA) is 105 Å². The molecule has 1 aliphatic rings. The van der Waals surface area contributed by atoms with Gasteiger partial charge in [0.05, 0.1) is 17.9 Å². The van der Waals surface area contributed by atoms with Gasteiger partial charge < -0.3 is 15.7 Å². The van der Waals surface area contributed by atoms with E-state index in [2.05, 4.69) is 34.6 Å². The second-order valence-corrected chi connectivity index (χ2v) is 7.83. The molecule has 0 saturated heterocycles. The molecule has 2 aromatic heterocycles. The molecule has 30 heavy (non-hydrogen) atoms. The minimum absolute atomic E-state index is 0.217. The molecule has 8 nitrogen and oxygen atoms in total. The number of aryl methyl sites for hydroxylation is 1. The van der Waals surface area contributed by atoms with Crippen LogP contribution in [0.5, 0.6) is 0 Å². The van der Waals surface area contributed by atoms with Gasteiger partial charge in [-0.25, -0.2) is 9.97 Å². The number of hydrogen-bond donors (Lipinski definition) is 3. The summed E-state index contributed by atoms with van der Waals surface area (Å²) in [5, 5.41) is 20.1. The lowest BCUT2D eigenvalue weighted by molar-refractivity contribution is -0.124. The van der Waals surface area contributed by atoms with Crippen LogP contribution < -0.4 is 10.6 Å². The van der Waals surface area contributed by atoms with Gasteiger partial charge in [-0.2, -0.15) is 5.10 Å². The Labute approximate surface area is 175 Å². The summed E-state index contributed by atoms with van der Waals surface area (Å²) in [6.45, 7) is 6.38. The number of rotatable bonds is 6. The van der Waals surface area contributed by atoms with Crippen LogP contribution in [-0.2, 0) is 11.2 Å². The summed E-state index contributed by atoms with van der Waals surface area (Å²) < 4.78 is 1.91. The van der Waals surface area contributed by atoms with Crippen molar-refractivity contribution in [1.29, 1.82) is 0 Å². The molecule has 0 radical (unpaired) electrons. The van der Waals surface area contributed by atoms with Gasteiger partial charge >= 0.3 is 0 Å². The van der Waals surface area contributed by atoms with Crippen LogP contribution in [0.15, 0.2) is 36.8 Å². The summed E-state index contributed by atoms with van der Waals surface area (Å²) in [6, 6.07) is 5.68. The van der Waals surface area contributed by atoms with Gasteiger partial charge in [-0.05, 0) is 56.0 Å². The second-order valence-electron chi connectivity index (χ2n) is 7.83. The zero-order chi connectivity index (χ0) is 21.3. The van der Waals surface area contributed by atoms with Crippen molar-refractivity contribution in [2.75, 3.05) is 18.5 Å². The monoisotopic (exact) mass is 406 g/mol. The molecular weight excluding hydrogens is 380 g/mol. The number of aliphatic hydroxyl groups is 1. The molecule has 1 aromatic carbocycles. The minimum Gasteiger partial charge on any atom is -0.389 e. The Hall–Kier alpha value is -3.10. The van der Waals surface area contributed by atoms with E-state index in [0.29, 0.717) is 12.5 Å². The second kappa shape index (κ2) is 8.33. The van der Waals surface area contributed by atoms with Crippen molar-refractivity contribution in [2.24, 2.45) is 0 Å². The Morgan fingerprint density at radius 2 is 2.20 bits per heavy atom. The van der Waals surface area contributed by atoms with Crippen LogP contribution in [0.2, 0.25) is 0 Å². The highest BCUT2D eigenvalue weighted by Gasteiger charge is 2.25. The van der Waals surface area contributed by atoms with Crippen molar-refractivity contribution in [3.63, 3.8) is 0 Å². The molecule has 0 fully saturated rings. The van der Waals surface area contributed by atoms with Crippen molar-refractivity contribution in [3.05, 3.63) is 53.5 Å². The average molecular weight is 406 g/mol. The van der Waals surface area contributed by atoms with Gasteiger partial charge in [0.1, 0.15) is 6.61 Å². The molecule has 8 heteroatoms. The SMILES string of the molecule is Cc1cnc(Nc2ccc3c(c2)CCNC3C(=O)CO)nc1-c1cnn(C(C)C)c1. The van der Waals surface area contributed by atoms with Gasteiger partial charge in [0, 0.05) is 36.2 Å². The molecule has 0 spiro atoms. The van der Waals surface area contributed by atoms with E-state index in [-0.39, 0.29) is 11.8 Å². The molecule has 0 amide bonds. The zero-order valence-corrected chi connectivity index (χ0v) is 17.4. The third-order valence-corrected chi connectivity index (χ3v) is 5.31. The van der Waals surface area contributed by atoms with Crippen LogP contribution >= 0.6 is 0 Å². The van der Waals surface area contributed by atoms with Crippen LogP contribution in [0.1, 0.15) is 42.6 Å². The number of carbonyl (C=O) groups excluding carboxylic acids is 1. The lowest BCUT2D eigenvalue weighted by atomic mass is 9.91. The largest absolute Gasteiger partial charge is 0.389 e. The highest BCUT2D eigenvalue weighted by atomic mass is 16.3. The highest BCUT2D eigenvalue weighted by Crippen LogP contribution is 2.28. The van der Waals surface area contributed by atoms with Crippen molar-refractivity contribution in [1.82, 2.24) is 25.1 Å². The van der Waals surface area contributed by atoms with Gasteiger partial charge in [0.15, 0.2) is 5.78 Å². The molecule has 3 aromatic rings. The Morgan fingerprint density at radius 3 is 2.93 bits per heavy atom. The average Bonchev–Trinajstić information content (AvgIpc) is 3.24. The van der Waals surface area contributed by atoms with Gasteiger partial charge in [-0.1, -0.05) is 6.07 Å². The molecular formula is C22H26N6O2. The fraction of sp³-hybridized carbons (Fsp3) is 0.364. The maximum atomic E-state index is 12.0. The number of carbonyl (C=O) groups is 1. The molecule has 0 aliphatic carbocycles.